The van der Waals surface area contributed by atoms with Gasteiger partial charge in [-0.15, -0.1) is 0 Å². The molecule has 22 heavy (non-hydrogen) atoms. The van der Waals surface area contributed by atoms with E-state index in [1.54, 1.807) is 6.92 Å². The van der Waals surface area contributed by atoms with Gasteiger partial charge in [0, 0.05) is 12.2 Å². The van der Waals surface area contributed by atoms with Gasteiger partial charge < -0.3 is 14.1 Å². The summed E-state index contributed by atoms with van der Waals surface area (Å²) in [7, 11) is -0.395. The summed E-state index contributed by atoms with van der Waals surface area (Å²) < 4.78 is 12.2. The van der Waals surface area contributed by atoms with Crippen LogP contribution in [0.1, 0.15) is 46.6 Å². The van der Waals surface area contributed by atoms with Crippen LogP contribution >= 0.6 is 0 Å². The van der Waals surface area contributed by atoms with Crippen molar-refractivity contribution >= 4 is 19.0 Å². The molecule has 0 bridgehead atoms. The molecule has 1 aromatic carbocycles. The van der Waals surface area contributed by atoms with Crippen molar-refractivity contribution in [3.8, 4) is 0 Å². The van der Waals surface area contributed by atoms with Crippen LogP contribution in [0.25, 0.3) is 6.08 Å². The molecule has 1 aliphatic rings. The molecular formula is C18H25BO3. The molecule has 3 nitrogen and oxygen atoms in total. The topological polar surface area (TPSA) is 35.5 Å². The van der Waals surface area contributed by atoms with Crippen LogP contribution in [0.3, 0.4) is 0 Å². The normalized spacial score (nSPS) is 21.2. The second-order valence-corrected chi connectivity index (χ2v) is 6.96. The molecule has 0 N–H and O–H groups in total. The lowest BCUT2D eigenvalue weighted by Gasteiger charge is -2.32. The first kappa shape index (κ1) is 17.0. The van der Waals surface area contributed by atoms with Crippen molar-refractivity contribution in [2.45, 2.75) is 58.1 Å². The van der Waals surface area contributed by atoms with E-state index in [9.17, 15) is 4.79 Å². The van der Waals surface area contributed by atoms with Crippen LogP contribution in [0.4, 0.5) is 0 Å². The summed E-state index contributed by atoms with van der Waals surface area (Å²) in [6, 6.07) is 10.0. The summed E-state index contributed by atoms with van der Waals surface area (Å²) in [5, 5.41) is 0. The van der Waals surface area contributed by atoms with Crippen LogP contribution in [0.2, 0.25) is 5.82 Å². The molecule has 0 saturated carbocycles. The number of benzene rings is 1. The zero-order valence-corrected chi connectivity index (χ0v) is 14.1. The molecule has 2 rings (SSSR count). The number of Topliss-reactive ketones (excluding diaryl/α,β-unsaturated/α-hetero) is 1. The molecule has 1 aliphatic heterocycles. The average molecular weight is 300 g/mol. The lowest BCUT2D eigenvalue weighted by Crippen LogP contribution is -2.41. The van der Waals surface area contributed by atoms with E-state index in [0.29, 0.717) is 6.42 Å². The molecular weight excluding hydrogens is 275 g/mol. The van der Waals surface area contributed by atoms with Gasteiger partial charge in [-0.05, 0) is 40.2 Å². The van der Waals surface area contributed by atoms with Crippen LogP contribution in [-0.2, 0) is 14.1 Å². The maximum atomic E-state index is 11.6. The Morgan fingerprint density at radius 1 is 1.14 bits per heavy atom. The smallest absolute Gasteiger partial charge is 0.403 e. The Hall–Kier alpha value is -1.39. The lowest BCUT2D eigenvalue weighted by molar-refractivity contribution is -0.117. The van der Waals surface area contributed by atoms with Gasteiger partial charge >= 0.3 is 7.12 Å². The third kappa shape index (κ3) is 3.87. The average Bonchev–Trinajstić information content (AvgIpc) is 2.64. The Morgan fingerprint density at radius 2 is 1.68 bits per heavy atom. The van der Waals surface area contributed by atoms with E-state index in [-0.39, 0.29) is 22.8 Å². The van der Waals surface area contributed by atoms with Gasteiger partial charge in [-0.2, -0.15) is 0 Å². The minimum absolute atomic E-state index is 0.0845. The monoisotopic (exact) mass is 300 g/mol. The molecule has 0 aliphatic carbocycles. The number of carbonyl (C=O) groups excluding carboxylic acids is 1. The molecule has 0 unspecified atom stereocenters. The van der Waals surface area contributed by atoms with E-state index in [1.807, 2.05) is 70.2 Å². The van der Waals surface area contributed by atoms with Gasteiger partial charge in [0.15, 0.2) is 0 Å². The maximum absolute atomic E-state index is 11.6. The van der Waals surface area contributed by atoms with Gasteiger partial charge in [0.2, 0.25) is 0 Å². The number of hydrogen-bond donors (Lipinski definition) is 0. The third-order valence-electron chi connectivity index (χ3n) is 4.48. The van der Waals surface area contributed by atoms with Crippen LogP contribution < -0.4 is 0 Å². The third-order valence-corrected chi connectivity index (χ3v) is 4.48. The number of rotatable bonds is 5. The van der Waals surface area contributed by atoms with E-state index >= 15 is 0 Å². The van der Waals surface area contributed by atoms with Crippen LogP contribution in [-0.4, -0.2) is 24.1 Å². The predicted molar refractivity (Wildman–Crippen MR) is 90.6 cm³/mol. The summed E-state index contributed by atoms with van der Waals surface area (Å²) in [5.41, 5.74) is 0.341. The molecule has 0 radical (unpaired) electrons. The molecule has 1 heterocycles. The van der Waals surface area contributed by atoms with Crippen LogP contribution in [0.15, 0.2) is 36.4 Å². The second-order valence-electron chi connectivity index (χ2n) is 6.96. The van der Waals surface area contributed by atoms with Crippen LogP contribution in [0, 0.1) is 0 Å². The lowest BCUT2D eigenvalue weighted by atomic mass is 9.69. The van der Waals surface area contributed by atoms with Crippen molar-refractivity contribution in [1.29, 1.82) is 0 Å². The van der Waals surface area contributed by atoms with Crippen LogP contribution in [0.5, 0.6) is 0 Å². The highest BCUT2D eigenvalue weighted by atomic mass is 16.7. The van der Waals surface area contributed by atoms with Gasteiger partial charge in [-0.1, -0.05) is 42.5 Å². The van der Waals surface area contributed by atoms with E-state index in [2.05, 4.69) is 0 Å². The van der Waals surface area contributed by atoms with Crippen molar-refractivity contribution in [2.75, 3.05) is 0 Å². The Morgan fingerprint density at radius 3 is 2.18 bits per heavy atom. The standard InChI is InChI=1S/C18H25BO3/c1-14(20)13-16(12-11-15-9-7-6-8-10-15)19-21-17(2,3)18(4,5)22-19/h6-12,16H,13H2,1-5H3/b12-11+/t16-/m0/s1. The fourth-order valence-corrected chi connectivity index (χ4v) is 2.45. The van der Waals surface area contributed by atoms with E-state index < -0.39 is 7.12 Å². The van der Waals surface area contributed by atoms with Gasteiger partial charge in [0.05, 0.1) is 11.2 Å². The van der Waals surface area contributed by atoms with Gasteiger partial charge in [-0.25, -0.2) is 0 Å². The minimum Gasteiger partial charge on any atom is -0.403 e. The molecule has 1 fully saturated rings. The van der Waals surface area contributed by atoms with Crippen molar-refractivity contribution in [3.05, 3.63) is 42.0 Å². The zero-order valence-electron chi connectivity index (χ0n) is 14.1. The van der Waals surface area contributed by atoms with Gasteiger partial charge in [0.25, 0.3) is 0 Å². The first-order valence-electron chi connectivity index (χ1n) is 7.79. The summed E-state index contributed by atoms with van der Waals surface area (Å²) in [6.07, 6.45) is 4.47. The quantitative estimate of drug-likeness (QED) is 0.767. The first-order valence-corrected chi connectivity index (χ1v) is 7.79. The summed E-state index contributed by atoms with van der Waals surface area (Å²) in [6.45, 7) is 9.71. The number of carbonyl (C=O) groups is 1. The fourth-order valence-electron chi connectivity index (χ4n) is 2.45. The molecule has 0 spiro atoms. The number of hydrogen-bond acceptors (Lipinski definition) is 3. The van der Waals surface area contributed by atoms with E-state index in [1.165, 1.54) is 0 Å². The SMILES string of the molecule is CC(=O)C[C@H](/C=C/c1ccccc1)B1OC(C)(C)C(C)(C)O1. The molecule has 0 amide bonds. The molecule has 4 heteroatoms. The molecule has 0 aromatic heterocycles. The zero-order chi connectivity index (χ0) is 16.4. The Bertz CT molecular complexity index is 533. The largest absolute Gasteiger partial charge is 0.465 e. The van der Waals surface area contributed by atoms with Gasteiger partial charge in [0.1, 0.15) is 5.78 Å². The minimum atomic E-state index is -0.395. The first-order chi connectivity index (χ1) is 10.2. The summed E-state index contributed by atoms with van der Waals surface area (Å²) >= 11 is 0. The molecule has 1 atom stereocenters. The fraction of sp³-hybridized carbons (Fsp3) is 0.500. The van der Waals surface area contributed by atoms with E-state index in [0.717, 1.165) is 5.56 Å². The van der Waals surface area contributed by atoms with E-state index in [4.69, 9.17) is 9.31 Å². The second kappa shape index (κ2) is 6.39. The maximum Gasteiger partial charge on any atom is 0.465 e. The Labute approximate surface area is 133 Å². The Kier molecular flexibility index (Phi) is 4.93. The highest BCUT2D eigenvalue weighted by molar-refractivity contribution is 6.48. The van der Waals surface area contributed by atoms with Crippen molar-refractivity contribution in [2.24, 2.45) is 0 Å². The number of allylic oxidation sites excluding steroid dienone is 1. The highest BCUT2D eigenvalue weighted by Gasteiger charge is 2.53. The summed E-state index contributed by atoms with van der Waals surface area (Å²) in [5.74, 6) is 0.0520. The molecule has 1 aromatic rings. The van der Waals surface area contributed by atoms with Crippen molar-refractivity contribution < 1.29 is 14.1 Å². The van der Waals surface area contributed by atoms with Crippen molar-refractivity contribution in [1.82, 2.24) is 0 Å². The van der Waals surface area contributed by atoms with Crippen molar-refractivity contribution in [3.63, 3.8) is 0 Å². The van der Waals surface area contributed by atoms with Gasteiger partial charge in [-0.3, -0.25) is 0 Å². The summed E-state index contributed by atoms with van der Waals surface area (Å²) in [4.78, 5) is 11.6. The number of ketones is 1. The predicted octanol–water partition coefficient (Wildman–Crippen LogP) is 4.14. The molecule has 118 valence electrons. The Balaban J connectivity index is 2.17. The highest BCUT2D eigenvalue weighted by Crippen LogP contribution is 2.41. The molecule has 1 saturated heterocycles.